The van der Waals surface area contributed by atoms with Crippen LogP contribution in [0, 0.1) is 33.5 Å². The quantitative estimate of drug-likeness (QED) is 0.173. The molecule has 8 heteroatoms. The van der Waals surface area contributed by atoms with Gasteiger partial charge in [0.15, 0.2) is 0 Å². The van der Waals surface area contributed by atoms with E-state index in [9.17, 15) is 30.0 Å². The van der Waals surface area contributed by atoms with Crippen molar-refractivity contribution in [2.45, 2.75) is 149 Å². The molecule has 0 aromatic carbocycles. The summed E-state index contributed by atoms with van der Waals surface area (Å²) in [6.45, 7) is 14.5. The van der Waals surface area contributed by atoms with Crippen molar-refractivity contribution in [3.05, 3.63) is 11.1 Å². The van der Waals surface area contributed by atoms with Crippen molar-refractivity contribution in [2.24, 2.45) is 33.5 Å². The molecule has 2 fully saturated rings. The standard InChI is InChI=1S/C34H56O8/c1-21(8-11-25(36)32(6,40)20-35)34(41)19-18-31(5)23-9-10-24-29(2,3)26(42-28(39)13-12-27(37)38)15-16-30(24,4)22(23)14-17-33(31,34)7/h21,24-26,35-36,40-41H,8-20H2,1-7H3,(H,37,38)/t21-,24-,25-,26-,30+,31-,32-,33+,34-/m0/s1. The van der Waals surface area contributed by atoms with Crippen LogP contribution in [0.5, 0.6) is 0 Å². The van der Waals surface area contributed by atoms with Gasteiger partial charge in [-0.15, -0.1) is 0 Å². The molecule has 0 aliphatic heterocycles. The third-order valence-electron chi connectivity index (χ3n) is 13.4. The molecule has 0 saturated heterocycles. The Balaban J connectivity index is 1.56. The molecule has 0 spiro atoms. The minimum atomic E-state index is -1.56. The number of carboxylic acid groups (broad SMARTS) is 1. The molecule has 0 radical (unpaired) electrons. The van der Waals surface area contributed by atoms with Crippen molar-refractivity contribution in [3.63, 3.8) is 0 Å². The van der Waals surface area contributed by atoms with Gasteiger partial charge < -0.3 is 30.3 Å². The van der Waals surface area contributed by atoms with Gasteiger partial charge in [-0.3, -0.25) is 9.59 Å². The Hall–Kier alpha value is -1.48. The number of aliphatic hydroxyl groups excluding tert-OH is 2. The van der Waals surface area contributed by atoms with E-state index in [0.29, 0.717) is 25.2 Å². The predicted octanol–water partition coefficient (Wildman–Crippen LogP) is 5.15. The van der Waals surface area contributed by atoms with Crippen molar-refractivity contribution in [1.29, 1.82) is 0 Å². The molecule has 9 atom stereocenters. The molecular formula is C34H56O8. The second kappa shape index (κ2) is 11.1. The second-order valence-corrected chi connectivity index (χ2v) is 15.8. The normalized spacial score (nSPS) is 40.3. The zero-order chi connectivity index (χ0) is 31.5. The van der Waals surface area contributed by atoms with Crippen LogP contribution in [0.3, 0.4) is 0 Å². The Morgan fingerprint density at radius 2 is 1.64 bits per heavy atom. The maximum Gasteiger partial charge on any atom is 0.306 e. The van der Waals surface area contributed by atoms with E-state index in [2.05, 4.69) is 41.5 Å². The van der Waals surface area contributed by atoms with E-state index in [1.807, 2.05) is 0 Å². The number of aliphatic carboxylic acids is 1. The highest BCUT2D eigenvalue weighted by Crippen LogP contribution is 2.73. The van der Waals surface area contributed by atoms with Crippen molar-refractivity contribution < 1.29 is 39.9 Å². The van der Waals surface area contributed by atoms with Crippen LogP contribution in [0.1, 0.15) is 126 Å². The molecular weight excluding hydrogens is 536 g/mol. The number of fused-ring (bicyclic) bond motifs is 4. The summed E-state index contributed by atoms with van der Waals surface area (Å²) in [5.41, 5.74) is -0.105. The number of carbonyl (C=O) groups is 2. The summed E-state index contributed by atoms with van der Waals surface area (Å²) in [5.74, 6) is -1.16. The van der Waals surface area contributed by atoms with Crippen molar-refractivity contribution in [1.82, 2.24) is 0 Å². The van der Waals surface area contributed by atoms with Crippen LogP contribution >= 0.6 is 0 Å². The van der Waals surface area contributed by atoms with Crippen molar-refractivity contribution in [2.75, 3.05) is 6.61 Å². The van der Waals surface area contributed by atoms with Crippen LogP contribution < -0.4 is 0 Å². The smallest absolute Gasteiger partial charge is 0.306 e. The summed E-state index contributed by atoms with van der Waals surface area (Å²) < 4.78 is 5.91. The zero-order valence-electron chi connectivity index (χ0n) is 27.0. The highest BCUT2D eigenvalue weighted by Gasteiger charge is 2.68. The molecule has 2 saturated carbocycles. The molecule has 0 unspecified atom stereocenters. The minimum Gasteiger partial charge on any atom is -0.481 e. The Kier molecular flexibility index (Phi) is 8.87. The van der Waals surface area contributed by atoms with Gasteiger partial charge in [-0.2, -0.15) is 0 Å². The minimum absolute atomic E-state index is 0.0162. The van der Waals surface area contributed by atoms with Crippen LogP contribution in [0.25, 0.3) is 0 Å². The fourth-order valence-electron chi connectivity index (χ4n) is 10.2. The van der Waals surface area contributed by atoms with Gasteiger partial charge in [0.25, 0.3) is 0 Å². The van der Waals surface area contributed by atoms with E-state index in [4.69, 9.17) is 9.84 Å². The molecule has 4 aliphatic rings. The molecule has 240 valence electrons. The summed E-state index contributed by atoms with van der Waals surface area (Å²) >= 11 is 0. The Bertz CT molecular complexity index is 1100. The van der Waals surface area contributed by atoms with Crippen LogP contribution in [0.2, 0.25) is 0 Å². The molecule has 42 heavy (non-hydrogen) atoms. The molecule has 5 N–H and O–H groups in total. The fourth-order valence-corrected chi connectivity index (χ4v) is 10.2. The Morgan fingerprint density at radius 1 is 0.976 bits per heavy atom. The van der Waals surface area contributed by atoms with Crippen LogP contribution in [-0.4, -0.2) is 67.5 Å². The summed E-state index contributed by atoms with van der Waals surface area (Å²) in [5, 5.41) is 51.6. The van der Waals surface area contributed by atoms with Crippen molar-refractivity contribution >= 4 is 11.9 Å². The molecule has 0 heterocycles. The van der Waals surface area contributed by atoms with Crippen LogP contribution in [-0.2, 0) is 14.3 Å². The third-order valence-corrected chi connectivity index (χ3v) is 13.4. The average Bonchev–Trinajstić information content (AvgIpc) is 3.14. The predicted molar refractivity (Wildman–Crippen MR) is 159 cm³/mol. The molecule has 0 aromatic heterocycles. The van der Waals surface area contributed by atoms with Gasteiger partial charge in [0, 0.05) is 10.8 Å². The topological polar surface area (TPSA) is 145 Å². The highest BCUT2D eigenvalue weighted by molar-refractivity contribution is 5.76. The molecule has 8 nitrogen and oxygen atoms in total. The molecule has 4 rings (SSSR count). The third kappa shape index (κ3) is 5.06. The first-order valence-electron chi connectivity index (χ1n) is 16.2. The first-order valence-corrected chi connectivity index (χ1v) is 16.2. The molecule has 4 aliphatic carbocycles. The van der Waals surface area contributed by atoms with E-state index in [1.165, 1.54) is 12.5 Å². The van der Waals surface area contributed by atoms with Crippen molar-refractivity contribution in [3.8, 4) is 0 Å². The van der Waals surface area contributed by atoms with Gasteiger partial charge in [0.05, 0.1) is 31.2 Å². The first kappa shape index (κ1) is 33.4. The van der Waals surface area contributed by atoms with Gasteiger partial charge in [0.1, 0.15) is 11.7 Å². The average molecular weight is 593 g/mol. The number of carbonyl (C=O) groups excluding carboxylic acids is 1. The number of allylic oxidation sites excluding steroid dienone is 2. The molecule has 0 aromatic rings. The zero-order valence-corrected chi connectivity index (χ0v) is 27.0. The van der Waals surface area contributed by atoms with Gasteiger partial charge in [0.2, 0.25) is 0 Å². The summed E-state index contributed by atoms with van der Waals surface area (Å²) in [6, 6.07) is 0. The SMILES string of the molecule is C[C@@H](CC[C@H](O)[C@@](C)(O)CO)[C@@]1(O)CC[C@@]2(C)C3=C(CC[C@]21C)[C@@]1(C)CC[C@H](OC(=O)CCC(=O)O)C(C)(C)[C@@H]1CC3. The number of ether oxygens (including phenoxy) is 1. The van der Waals surface area contributed by atoms with E-state index in [0.717, 1.165) is 44.9 Å². The van der Waals surface area contributed by atoms with E-state index >= 15 is 0 Å². The van der Waals surface area contributed by atoms with E-state index < -0.39 is 35.9 Å². The largest absolute Gasteiger partial charge is 0.481 e. The Morgan fingerprint density at radius 3 is 2.26 bits per heavy atom. The fraction of sp³-hybridized carbons (Fsp3) is 0.882. The monoisotopic (exact) mass is 592 g/mol. The number of rotatable bonds is 10. The van der Waals surface area contributed by atoms with Crippen LogP contribution in [0.15, 0.2) is 11.1 Å². The summed E-state index contributed by atoms with van der Waals surface area (Å²) in [7, 11) is 0. The van der Waals surface area contributed by atoms with Gasteiger partial charge >= 0.3 is 11.9 Å². The van der Waals surface area contributed by atoms with E-state index in [-0.39, 0.29) is 46.5 Å². The number of esters is 1. The number of aliphatic hydroxyl groups is 4. The summed E-state index contributed by atoms with van der Waals surface area (Å²) in [4.78, 5) is 23.4. The lowest BCUT2D eigenvalue weighted by Crippen LogP contribution is -2.58. The Labute approximate surface area is 251 Å². The summed E-state index contributed by atoms with van der Waals surface area (Å²) in [6.07, 6.45) is 6.34. The van der Waals surface area contributed by atoms with Gasteiger partial charge in [-0.1, -0.05) is 52.7 Å². The van der Waals surface area contributed by atoms with E-state index in [1.54, 1.807) is 5.57 Å². The molecule has 0 amide bonds. The number of hydrogen-bond donors (Lipinski definition) is 5. The number of carboxylic acids is 1. The number of hydrogen-bond acceptors (Lipinski definition) is 7. The second-order valence-electron chi connectivity index (χ2n) is 15.8. The lowest BCUT2D eigenvalue weighted by Gasteiger charge is -2.63. The maximum atomic E-state index is 12.5. The lowest BCUT2D eigenvalue weighted by molar-refractivity contribution is -0.172. The van der Waals surface area contributed by atoms with Gasteiger partial charge in [-0.25, -0.2) is 0 Å². The van der Waals surface area contributed by atoms with Crippen LogP contribution in [0.4, 0.5) is 0 Å². The molecule has 0 bridgehead atoms. The first-order chi connectivity index (χ1) is 19.3. The lowest BCUT2D eigenvalue weighted by atomic mass is 9.43. The maximum absolute atomic E-state index is 12.5. The van der Waals surface area contributed by atoms with Gasteiger partial charge in [-0.05, 0) is 93.8 Å². The highest BCUT2D eigenvalue weighted by atomic mass is 16.5.